The van der Waals surface area contributed by atoms with Crippen LogP contribution in [-0.2, 0) is 11.3 Å². The summed E-state index contributed by atoms with van der Waals surface area (Å²) in [5, 5.41) is 0. The Bertz CT molecular complexity index is 516. The largest absolute Gasteiger partial charge is 0.489 e. The van der Waals surface area contributed by atoms with Crippen molar-refractivity contribution in [3.05, 3.63) is 60.2 Å². The standard InChI is InChI=1S/C17H18O3/c1-2-4-14(5-3-1)12-19-15-6-8-16(9-7-15)20-17-10-11-18-13-17/h1-9,17H,10-13H2. The maximum Gasteiger partial charge on any atom is 0.124 e. The van der Waals surface area contributed by atoms with Crippen LogP contribution in [0.4, 0.5) is 0 Å². The molecular formula is C17H18O3. The van der Waals surface area contributed by atoms with E-state index in [9.17, 15) is 0 Å². The summed E-state index contributed by atoms with van der Waals surface area (Å²) in [6.07, 6.45) is 1.15. The molecule has 0 spiro atoms. The maximum absolute atomic E-state index is 5.81. The normalized spacial score (nSPS) is 17.9. The van der Waals surface area contributed by atoms with Gasteiger partial charge in [-0.1, -0.05) is 30.3 Å². The van der Waals surface area contributed by atoms with Crippen LogP contribution in [0.3, 0.4) is 0 Å². The molecule has 1 saturated heterocycles. The van der Waals surface area contributed by atoms with Crippen molar-refractivity contribution in [1.29, 1.82) is 0 Å². The minimum atomic E-state index is 0.186. The zero-order chi connectivity index (χ0) is 13.6. The van der Waals surface area contributed by atoms with Gasteiger partial charge >= 0.3 is 0 Å². The summed E-state index contributed by atoms with van der Waals surface area (Å²) in [5.41, 5.74) is 1.16. The zero-order valence-electron chi connectivity index (χ0n) is 11.3. The highest BCUT2D eigenvalue weighted by Crippen LogP contribution is 2.21. The first-order chi connectivity index (χ1) is 9.90. The first-order valence-corrected chi connectivity index (χ1v) is 6.91. The third-order valence-corrected chi connectivity index (χ3v) is 3.26. The molecule has 0 aliphatic carbocycles. The van der Waals surface area contributed by atoms with Gasteiger partial charge in [0.15, 0.2) is 0 Å². The molecule has 104 valence electrons. The Morgan fingerprint density at radius 1 is 0.950 bits per heavy atom. The third-order valence-electron chi connectivity index (χ3n) is 3.26. The van der Waals surface area contributed by atoms with Crippen LogP contribution in [0.25, 0.3) is 0 Å². The van der Waals surface area contributed by atoms with Gasteiger partial charge in [-0.05, 0) is 29.8 Å². The van der Waals surface area contributed by atoms with Gasteiger partial charge in [-0.15, -0.1) is 0 Å². The molecule has 3 rings (SSSR count). The van der Waals surface area contributed by atoms with Crippen molar-refractivity contribution in [3.8, 4) is 11.5 Å². The lowest BCUT2D eigenvalue weighted by Gasteiger charge is -2.12. The molecule has 3 heteroatoms. The number of ether oxygens (including phenoxy) is 3. The molecule has 0 bridgehead atoms. The molecule has 0 aromatic heterocycles. The average Bonchev–Trinajstić information content (AvgIpc) is 3.01. The molecule has 1 heterocycles. The van der Waals surface area contributed by atoms with Gasteiger partial charge < -0.3 is 14.2 Å². The van der Waals surface area contributed by atoms with Crippen molar-refractivity contribution >= 4 is 0 Å². The highest BCUT2D eigenvalue weighted by atomic mass is 16.5. The van der Waals surface area contributed by atoms with Gasteiger partial charge in [-0.2, -0.15) is 0 Å². The van der Waals surface area contributed by atoms with E-state index in [4.69, 9.17) is 14.2 Å². The first-order valence-electron chi connectivity index (χ1n) is 6.91. The zero-order valence-corrected chi connectivity index (χ0v) is 11.3. The minimum Gasteiger partial charge on any atom is -0.489 e. The van der Waals surface area contributed by atoms with E-state index in [1.165, 1.54) is 0 Å². The Labute approximate surface area is 119 Å². The molecule has 1 atom stereocenters. The van der Waals surface area contributed by atoms with Gasteiger partial charge in [0, 0.05) is 6.42 Å². The van der Waals surface area contributed by atoms with E-state index in [1.54, 1.807) is 0 Å². The highest BCUT2D eigenvalue weighted by molar-refractivity contribution is 5.31. The summed E-state index contributed by atoms with van der Waals surface area (Å²) in [4.78, 5) is 0. The monoisotopic (exact) mass is 270 g/mol. The lowest BCUT2D eigenvalue weighted by Crippen LogP contribution is -2.15. The second-order valence-corrected chi connectivity index (χ2v) is 4.85. The van der Waals surface area contributed by atoms with Crippen LogP contribution in [0.2, 0.25) is 0 Å². The van der Waals surface area contributed by atoms with Crippen molar-refractivity contribution in [1.82, 2.24) is 0 Å². The molecule has 1 fully saturated rings. The van der Waals surface area contributed by atoms with E-state index in [0.717, 1.165) is 30.1 Å². The molecule has 20 heavy (non-hydrogen) atoms. The molecule has 0 amide bonds. The summed E-state index contributed by atoms with van der Waals surface area (Å²) in [6.45, 7) is 2.06. The number of hydrogen-bond donors (Lipinski definition) is 0. The third kappa shape index (κ3) is 3.52. The van der Waals surface area contributed by atoms with Crippen molar-refractivity contribution in [2.45, 2.75) is 19.1 Å². The predicted octanol–water partition coefficient (Wildman–Crippen LogP) is 3.43. The molecule has 2 aromatic rings. The maximum atomic E-state index is 5.81. The Hall–Kier alpha value is -2.00. The summed E-state index contributed by atoms with van der Waals surface area (Å²) in [7, 11) is 0. The average molecular weight is 270 g/mol. The first kappa shape index (κ1) is 13.0. The second kappa shape index (κ2) is 6.44. The van der Waals surface area contributed by atoms with Crippen LogP contribution in [0.1, 0.15) is 12.0 Å². The van der Waals surface area contributed by atoms with Crippen LogP contribution in [0.5, 0.6) is 11.5 Å². The molecular weight excluding hydrogens is 252 g/mol. The Morgan fingerprint density at radius 2 is 1.70 bits per heavy atom. The molecule has 2 aromatic carbocycles. The molecule has 0 saturated carbocycles. The van der Waals surface area contributed by atoms with Gasteiger partial charge in [0.2, 0.25) is 0 Å². The van der Waals surface area contributed by atoms with Gasteiger partial charge in [0.05, 0.1) is 13.2 Å². The van der Waals surface area contributed by atoms with Gasteiger partial charge in [0.1, 0.15) is 24.2 Å². The van der Waals surface area contributed by atoms with Crippen molar-refractivity contribution < 1.29 is 14.2 Å². The smallest absolute Gasteiger partial charge is 0.124 e. The van der Waals surface area contributed by atoms with Crippen LogP contribution < -0.4 is 9.47 Å². The van der Waals surface area contributed by atoms with E-state index in [-0.39, 0.29) is 6.10 Å². The van der Waals surface area contributed by atoms with E-state index >= 15 is 0 Å². The van der Waals surface area contributed by atoms with Crippen molar-refractivity contribution in [2.75, 3.05) is 13.2 Å². The fraction of sp³-hybridized carbons (Fsp3) is 0.294. The molecule has 3 nitrogen and oxygen atoms in total. The van der Waals surface area contributed by atoms with Crippen molar-refractivity contribution in [2.24, 2.45) is 0 Å². The Morgan fingerprint density at radius 3 is 2.40 bits per heavy atom. The predicted molar refractivity (Wildman–Crippen MR) is 77.1 cm³/mol. The van der Waals surface area contributed by atoms with Crippen LogP contribution in [-0.4, -0.2) is 19.3 Å². The summed E-state index contributed by atoms with van der Waals surface area (Å²) in [5.74, 6) is 1.72. The van der Waals surface area contributed by atoms with Gasteiger partial charge in [0.25, 0.3) is 0 Å². The number of rotatable bonds is 5. The summed E-state index contributed by atoms with van der Waals surface area (Å²) >= 11 is 0. The molecule has 1 aliphatic rings. The SMILES string of the molecule is c1ccc(COc2ccc(OC3CCOC3)cc2)cc1. The Kier molecular flexibility index (Phi) is 4.19. The van der Waals surface area contributed by atoms with E-state index in [2.05, 4.69) is 12.1 Å². The molecule has 0 radical (unpaired) electrons. The van der Waals surface area contributed by atoms with Crippen LogP contribution >= 0.6 is 0 Å². The van der Waals surface area contributed by atoms with Crippen LogP contribution in [0.15, 0.2) is 54.6 Å². The van der Waals surface area contributed by atoms with Gasteiger partial charge in [-0.3, -0.25) is 0 Å². The molecule has 1 aliphatic heterocycles. The quantitative estimate of drug-likeness (QED) is 0.833. The van der Waals surface area contributed by atoms with Gasteiger partial charge in [-0.25, -0.2) is 0 Å². The lowest BCUT2D eigenvalue weighted by atomic mass is 10.2. The lowest BCUT2D eigenvalue weighted by molar-refractivity contribution is 0.141. The van der Waals surface area contributed by atoms with E-state index in [1.807, 2.05) is 42.5 Å². The summed E-state index contributed by atoms with van der Waals surface area (Å²) in [6, 6.07) is 17.9. The van der Waals surface area contributed by atoms with Crippen molar-refractivity contribution in [3.63, 3.8) is 0 Å². The fourth-order valence-electron chi connectivity index (χ4n) is 2.15. The highest BCUT2D eigenvalue weighted by Gasteiger charge is 2.16. The second-order valence-electron chi connectivity index (χ2n) is 4.85. The number of hydrogen-bond acceptors (Lipinski definition) is 3. The summed E-state index contributed by atoms with van der Waals surface area (Å²) < 4.78 is 16.8. The minimum absolute atomic E-state index is 0.186. The topological polar surface area (TPSA) is 27.7 Å². The molecule has 0 N–H and O–H groups in total. The van der Waals surface area contributed by atoms with E-state index < -0.39 is 0 Å². The Balaban J connectivity index is 1.53. The fourth-order valence-corrected chi connectivity index (χ4v) is 2.15. The molecule has 1 unspecified atom stereocenters. The number of benzene rings is 2. The van der Waals surface area contributed by atoms with E-state index in [0.29, 0.717) is 13.2 Å². The van der Waals surface area contributed by atoms with Crippen LogP contribution in [0, 0.1) is 0 Å².